The van der Waals surface area contributed by atoms with Gasteiger partial charge in [-0.2, -0.15) is 9.97 Å². The summed E-state index contributed by atoms with van der Waals surface area (Å²) in [6.45, 7) is 0. The number of fused-ring (bicyclic) bond motifs is 16. The van der Waals surface area contributed by atoms with Gasteiger partial charge in [0.05, 0.1) is 27.5 Å². The van der Waals surface area contributed by atoms with Crippen LogP contribution in [0, 0.1) is 0 Å². The molecule has 0 saturated heterocycles. The molecule has 6 heteroatoms. The molecule has 14 rings (SSSR count). The van der Waals surface area contributed by atoms with Crippen molar-refractivity contribution in [2.75, 3.05) is 0 Å². The molecule has 3 heterocycles. The SMILES string of the molecule is O=c1c2ccccc2n(-c2ccccc2)c2c1ccc1c2c2ccccc2n1-c1nc(-c2ccccc2)nc(-c2ccc3c(c2)-c2ccccc2C32c3ccccc3-c3ccccc32)n1. The molecule has 0 saturated carbocycles. The Bertz CT molecular complexity index is 3990. The van der Waals surface area contributed by atoms with Crippen LogP contribution in [0.15, 0.2) is 217 Å². The predicted octanol–water partition coefficient (Wildman–Crippen LogP) is 13.1. The standard InChI is InChI=1S/C59H35N5O/c65-55-43-25-11-16-30-51(43)63(38-19-5-2-6-20-38)54-44(55)32-34-52-53(54)42-24-10-15-29-50(42)64(52)58-61-56(36-17-3-1-4-18-36)60-57(62-58)37-31-33-49-45(35-37)41-23-9-14-28-48(41)59(49)46-26-12-7-21-39(46)40-22-8-13-27-47(40)59/h1-35H. The van der Waals surface area contributed by atoms with Crippen LogP contribution >= 0.6 is 0 Å². The van der Waals surface area contributed by atoms with Crippen molar-refractivity contribution in [2.45, 2.75) is 5.41 Å². The monoisotopic (exact) mass is 829 g/mol. The molecule has 1 spiro atoms. The molecule has 0 N–H and O–H groups in total. The number of benzene rings is 9. The highest BCUT2D eigenvalue weighted by molar-refractivity contribution is 6.21. The quantitative estimate of drug-likeness (QED) is 0.166. The first-order valence-electron chi connectivity index (χ1n) is 22.0. The summed E-state index contributed by atoms with van der Waals surface area (Å²) in [5, 5.41) is 3.26. The highest BCUT2D eigenvalue weighted by atomic mass is 16.1. The molecular formula is C59H35N5O. The maximum atomic E-state index is 14.4. The molecule has 0 aliphatic heterocycles. The average Bonchev–Trinajstić information content (AvgIpc) is 3.99. The van der Waals surface area contributed by atoms with Gasteiger partial charge in [0, 0.05) is 38.4 Å². The van der Waals surface area contributed by atoms with E-state index in [1.54, 1.807) is 0 Å². The molecular weight excluding hydrogens is 795 g/mol. The van der Waals surface area contributed by atoms with Gasteiger partial charge in [0.15, 0.2) is 17.1 Å². The minimum atomic E-state index is -0.450. The van der Waals surface area contributed by atoms with E-state index in [0.717, 1.165) is 49.7 Å². The van der Waals surface area contributed by atoms with Gasteiger partial charge < -0.3 is 4.57 Å². The second-order valence-corrected chi connectivity index (χ2v) is 17.0. The van der Waals surface area contributed by atoms with E-state index in [2.05, 4.69) is 137 Å². The van der Waals surface area contributed by atoms with E-state index in [-0.39, 0.29) is 5.43 Å². The van der Waals surface area contributed by atoms with Crippen LogP contribution in [0.3, 0.4) is 0 Å². The number of pyridine rings is 1. The molecule has 12 aromatic rings. The number of hydrogen-bond acceptors (Lipinski definition) is 4. The number of hydrogen-bond donors (Lipinski definition) is 0. The molecule has 6 nitrogen and oxygen atoms in total. The summed E-state index contributed by atoms with van der Waals surface area (Å²) in [4.78, 5) is 30.4. The van der Waals surface area contributed by atoms with Crippen LogP contribution in [0.25, 0.3) is 100 Å². The average molecular weight is 830 g/mol. The molecule has 3 aromatic heterocycles. The summed E-state index contributed by atoms with van der Waals surface area (Å²) in [6.07, 6.45) is 0. The Morgan fingerprint density at radius 1 is 0.369 bits per heavy atom. The normalized spacial score (nSPS) is 13.1. The first kappa shape index (κ1) is 35.8. The molecule has 9 aromatic carbocycles. The van der Waals surface area contributed by atoms with E-state index < -0.39 is 5.41 Å². The van der Waals surface area contributed by atoms with Crippen LogP contribution in [0.2, 0.25) is 0 Å². The molecule has 65 heavy (non-hydrogen) atoms. The predicted molar refractivity (Wildman–Crippen MR) is 262 cm³/mol. The van der Waals surface area contributed by atoms with Gasteiger partial charge in [-0.25, -0.2) is 4.98 Å². The van der Waals surface area contributed by atoms with Gasteiger partial charge in [-0.15, -0.1) is 0 Å². The fourth-order valence-electron chi connectivity index (χ4n) is 11.2. The first-order chi connectivity index (χ1) is 32.2. The van der Waals surface area contributed by atoms with Crippen LogP contribution in [-0.4, -0.2) is 24.1 Å². The lowest BCUT2D eigenvalue weighted by Crippen LogP contribution is -2.25. The van der Waals surface area contributed by atoms with Gasteiger partial charge in [0.2, 0.25) is 5.95 Å². The van der Waals surface area contributed by atoms with Crippen molar-refractivity contribution < 1.29 is 0 Å². The highest BCUT2D eigenvalue weighted by Crippen LogP contribution is 2.63. The molecule has 2 aliphatic carbocycles. The summed E-state index contributed by atoms with van der Waals surface area (Å²) < 4.78 is 4.37. The first-order valence-corrected chi connectivity index (χ1v) is 22.0. The summed E-state index contributed by atoms with van der Waals surface area (Å²) >= 11 is 0. The van der Waals surface area contributed by atoms with Gasteiger partial charge in [-0.1, -0.05) is 164 Å². The van der Waals surface area contributed by atoms with Gasteiger partial charge in [-0.05, 0) is 93.0 Å². The van der Waals surface area contributed by atoms with E-state index in [9.17, 15) is 4.79 Å². The number of aromatic nitrogens is 5. The Kier molecular flexibility index (Phi) is 7.37. The number of rotatable bonds is 4. The van der Waals surface area contributed by atoms with Gasteiger partial charge in [0.1, 0.15) is 0 Å². The fourth-order valence-corrected chi connectivity index (χ4v) is 11.2. The van der Waals surface area contributed by atoms with Crippen molar-refractivity contribution in [1.82, 2.24) is 24.1 Å². The molecule has 0 radical (unpaired) electrons. The zero-order valence-electron chi connectivity index (χ0n) is 34.9. The van der Waals surface area contributed by atoms with Crippen LogP contribution in [0.5, 0.6) is 0 Å². The molecule has 0 fully saturated rings. The maximum absolute atomic E-state index is 14.4. The second kappa shape index (κ2) is 13.4. The van der Waals surface area contributed by atoms with E-state index in [0.29, 0.717) is 28.4 Å². The largest absolute Gasteiger partial charge is 0.308 e. The van der Waals surface area contributed by atoms with Gasteiger partial charge in [-0.3, -0.25) is 9.36 Å². The third-order valence-corrected chi connectivity index (χ3v) is 13.8. The number of para-hydroxylation sites is 3. The smallest absolute Gasteiger partial charge is 0.238 e. The topological polar surface area (TPSA) is 65.6 Å². The Balaban J connectivity index is 1.05. The maximum Gasteiger partial charge on any atom is 0.238 e. The van der Waals surface area contributed by atoms with E-state index in [4.69, 9.17) is 15.0 Å². The summed E-state index contributed by atoms with van der Waals surface area (Å²) in [7, 11) is 0. The highest BCUT2D eigenvalue weighted by Gasteiger charge is 2.51. The van der Waals surface area contributed by atoms with Crippen molar-refractivity contribution in [3.8, 4) is 56.7 Å². The van der Waals surface area contributed by atoms with Crippen LogP contribution in [0.1, 0.15) is 22.3 Å². The summed E-state index contributed by atoms with van der Waals surface area (Å²) in [5.74, 6) is 1.63. The zero-order valence-corrected chi connectivity index (χ0v) is 34.9. The van der Waals surface area contributed by atoms with Crippen molar-refractivity contribution in [3.05, 3.63) is 245 Å². The van der Waals surface area contributed by atoms with Crippen molar-refractivity contribution in [2.24, 2.45) is 0 Å². The van der Waals surface area contributed by atoms with E-state index in [1.165, 1.54) is 44.5 Å². The Morgan fingerprint density at radius 2 is 0.892 bits per heavy atom. The fraction of sp³-hybridized carbons (Fsp3) is 0.0169. The third kappa shape index (κ3) is 4.82. The molecule has 302 valence electrons. The molecule has 0 atom stereocenters. The lowest BCUT2D eigenvalue weighted by atomic mass is 9.70. The van der Waals surface area contributed by atoms with E-state index >= 15 is 0 Å². The molecule has 0 unspecified atom stereocenters. The van der Waals surface area contributed by atoms with E-state index in [1.807, 2.05) is 84.9 Å². The number of nitrogens with zero attached hydrogens (tertiary/aromatic N) is 5. The molecule has 2 aliphatic rings. The van der Waals surface area contributed by atoms with Gasteiger partial charge in [0.25, 0.3) is 0 Å². The third-order valence-electron chi connectivity index (χ3n) is 13.8. The van der Waals surface area contributed by atoms with Crippen molar-refractivity contribution in [3.63, 3.8) is 0 Å². The van der Waals surface area contributed by atoms with Crippen LogP contribution in [-0.2, 0) is 5.41 Å². The lowest BCUT2D eigenvalue weighted by molar-refractivity contribution is 0.794. The van der Waals surface area contributed by atoms with Crippen molar-refractivity contribution >= 4 is 43.6 Å². The zero-order chi connectivity index (χ0) is 42.8. The molecule has 0 bridgehead atoms. The minimum absolute atomic E-state index is 0.000123. The molecule has 0 amide bonds. The Morgan fingerprint density at radius 3 is 1.57 bits per heavy atom. The second-order valence-electron chi connectivity index (χ2n) is 17.0. The lowest BCUT2D eigenvalue weighted by Gasteiger charge is -2.30. The Labute approximate surface area is 373 Å². The van der Waals surface area contributed by atoms with Gasteiger partial charge >= 0.3 is 0 Å². The van der Waals surface area contributed by atoms with Crippen molar-refractivity contribution in [1.29, 1.82) is 0 Å². The summed E-state index contributed by atoms with van der Waals surface area (Å²) in [5.41, 5.74) is 15.9. The summed E-state index contributed by atoms with van der Waals surface area (Å²) in [6, 6.07) is 74.1. The van der Waals surface area contributed by atoms with Crippen LogP contribution in [0.4, 0.5) is 0 Å². The van der Waals surface area contributed by atoms with Crippen LogP contribution < -0.4 is 5.43 Å². The minimum Gasteiger partial charge on any atom is -0.308 e. The Hall–Kier alpha value is -8.74.